The Labute approximate surface area is 162 Å². The van der Waals surface area contributed by atoms with Crippen LogP contribution in [-0.2, 0) is 4.79 Å². The van der Waals surface area contributed by atoms with Crippen LogP contribution < -0.4 is 10.1 Å². The van der Waals surface area contributed by atoms with Crippen molar-refractivity contribution in [3.05, 3.63) is 36.0 Å². The van der Waals surface area contributed by atoms with Crippen LogP contribution in [0.1, 0.15) is 19.3 Å². The summed E-state index contributed by atoms with van der Waals surface area (Å²) in [7, 11) is 1.67. The highest BCUT2D eigenvalue weighted by atomic mass is 32.1. The summed E-state index contributed by atoms with van der Waals surface area (Å²) < 4.78 is 5.25. The Kier molecular flexibility index (Phi) is 5.20. The van der Waals surface area contributed by atoms with E-state index in [1.165, 1.54) is 0 Å². The molecule has 1 aromatic carbocycles. The first-order valence-electron chi connectivity index (χ1n) is 9.14. The van der Waals surface area contributed by atoms with E-state index >= 15 is 0 Å². The smallest absolute Gasteiger partial charge is 0.222 e. The highest BCUT2D eigenvalue weighted by Gasteiger charge is 2.19. The third-order valence-corrected chi connectivity index (χ3v) is 5.73. The van der Waals surface area contributed by atoms with Gasteiger partial charge in [0.15, 0.2) is 0 Å². The van der Waals surface area contributed by atoms with Gasteiger partial charge in [0.05, 0.1) is 12.5 Å². The maximum absolute atomic E-state index is 11.7. The van der Waals surface area contributed by atoms with Gasteiger partial charge in [-0.1, -0.05) is 12.1 Å². The van der Waals surface area contributed by atoms with Gasteiger partial charge in [-0.05, 0) is 30.5 Å². The molecule has 0 radical (unpaired) electrons. The third-order valence-electron chi connectivity index (χ3n) is 4.84. The van der Waals surface area contributed by atoms with E-state index < -0.39 is 0 Å². The molecule has 1 fully saturated rings. The lowest BCUT2D eigenvalue weighted by molar-refractivity contribution is -0.127. The Morgan fingerprint density at radius 1 is 1.26 bits per heavy atom. The minimum absolute atomic E-state index is 0.277. The van der Waals surface area contributed by atoms with Crippen LogP contribution in [0.25, 0.3) is 21.3 Å². The zero-order chi connectivity index (χ0) is 18.6. The van der Waals surface area contributed by atoms with Gasteiger partial charge in [0.25, 0.3) is 0 Å². The number of hydrogen-bond donors (Lipinski definition) is 1. The molecule has 7 heteroatoms. The van der Waals surface area contributed by atoms with Crippen molar-refractivity contribution in [3.63, 3.8) is 0 Å². The van der Waals surface area contributed by atoms with Gasteiger partial charge < -0.3 is 15.0 Å². The fourth-order valence-electron chi connectivity index (χ4n) is 3.41. The molecule has 0 spiro atoms. The Hall–Kier alpha value is -2.67. The average Bonchev–Trinajstić information content (AvgIpc) is 3.32. The minimum Gasteiger partial charge on any atom is -0.497 e. The molecule has 0 aliphatic carbocycles. The Morgan fingerprint density at radius 3 is 2.85 bits per heavy atom. The van der Waals surface area contributed by atoms with Gasteiger partial charge in [0, 0.05) is 37.0 Å². The molecule has 0 saturated carbocycles. The van der Waals surface area contributed by atoms with E-state index in [2.05, 4.69) is 32.8 Å². The first-order valence-corrected chi connectivity index (χ1v) is 10.0. The standard InChI is InChI=1S/C20H22N4O2S/c1-26-15-7-5-14(6-8-15)16-12-27-20-18(16)19(22-13-23-20)21-9-3-11-24-10-2-4-17(24)25/h5-8,12-13H,2-4,9-11H2,1H3,(H,21,22,23). The number of anilines is 1. The van der Waals surface area contributed by atoms with E-state index in [9.17, 15) is 4.79 Å². The molecule has 1 aliphatic heterocycles. The highest BCUT2D eigenvalue weighted by molar-refractivity contribution is 7.17. The van der Waals surface area contributed by atoms with E-state index in [0.29, 0.717) is 6.42 Å². The minimum atomic E-state index is 0.277. The summed E-state index contributed by atoms with van der Waals surface area (Å²) in [5.41, 5.74) is 2.23. The van der Waals surface area contributed by atoms with Crippen molar-refractivity contribution >= 4 is 33.3 Å². The first-order chi connectivity index (χ1) is 13.3. The monoisotopic (exact) mass is 382 g/mol. The Morgan fingerprint density at radius 2 is 2.11 bits per heavy atom. The van der Waals surface area contributed by atoms with Crippen LogP contribution in [0.3, 0.4) is 0 Å². The van der Waals surface area contributed by atoms with Gasteiger partial charge >= 0.3 is 0 Å². The normalized spacial score (nSPS) is 14.1. The summed E-state index contributed by atoms with van der Waals surface area (Å²) in [5.74, 6) is 1.96. The van der Waals surface area contributed by atoms with Crippen molar-refractivity contribution in [3.8, 4) is 16.9 Å². The van der Waals surface area contributed by atoms with Crippen LogP contribution in [0.5, 0.6) is 5.75 Å². The number of ether oxygens (including phenoxy) is 1. The molecular weight excluding hydrogens is 360 g/mol. The molecule has 0 bridgehead atoms. The van der Waals surface area contributed by atoms with E-state index in [-0.39, 0.29) is 5.91 Å². The van der Waals surface area contributed by atoms with Gasteiger partial charge in [-0.15, -0.1) is 11.3 Å². The molecule has 1 amide bonds. The topological polar surface area (TPSA) is 67.4 Å². The molecule has 6 nitrogen and oxygen atoms in total. The van der Waals surface area contributed by atoms with Crippen molar-refractivity contribution < 1.29 is 9.53 Å². The van der Waals surface area contributed by atoms with Crippen molar-refractivity contribution in [2.45, 2.75) is 19.3 Å². The van der Waals surface area contributed by atoms with Crippen LogP contribution >= 0.6 is 11.3 Å². The number of nitrogens with one attached hydrogen (secondary N) is 1. The lowest BCUT2D eigenvalue weighted by Crippen LogP contribution is -2.27. The number of methoxy groups -OCH3 is 1. The van der Waals surface area contributed by atoms with E-state index in [1.807, 2.05) is 17.0 Å². The Bertz CT molecular complexity index is 939. The number of hydrogen-bond acceptors (Lipinski definition) is 6. The number of amides is 1. The summed E-state index contributed by atoms with van der Waals surface area (Å²) in [4.78, 5) is 23.5. The van der Waals surface area contributed by atoms with Gasteiger partial charge in [-0.25, -0.2) is 9.97 Å². The molecule has 140 valence electrons. The molecule has 1 saturated heterocycles. The number of fused-ring (bicyclic) bond motifs is 1. The fourth-order valence-corrected chi connectivity index (χ4v) is 4.33. The number of benzene rings is 1. The summed E-state index contributed by atoms with van der Waals surface area (Å²) >= 11 is 1.62. The van der Waals surface area contributed by atoms with E-state index in [0.717, 1.165) is 65.4 Å². The van der Waals surface area contributed by atoms with Gasteiger partial charge in [-0.2, -0.15) is 0 Å². The number of carbonyl (C=O) groups excluding carboxylic acids is 1. The predicted octanol–water partition coefficient (Wildman–Crippen LogP) is 3.79. The van der Waals surface area contributed by atoms with Crippen LogP contribution in [0, 0.1) is 0 Å². The van der Waals surface area contributed by atoms with Gasteiger partial charge in [0.1, 0.15) is 22.7 Å². The molecule has 3 aromatic rings. The van der Waals surface area contributed by atoms with Crippen LogP contribution in [-0.4, -0.2) is 47.5 Å². The number of aromatic nitrogens is 2. The molecule has 1 aliphatic rings. The van der Waals surface area contributed by atoms with Crippen LogP contribution in [0.15, 0.2) is 36.0 Å². The second-order valence-electron chi connectivity index (χ2n) is 6.54. The van der Waals surface area contributed by atoms with Crippen molar-refractivity contribution in [2.75, 3.05) is 32.1 Å². The number of thiophene rings is 1. The second-order valence-corrected chi connectivity index (χ2v) is 7.40. The summed E-state index contributed by atoms with van der Waals surface area (Å²) in [6.07, 6.45) is 4.18. The van der Waals surface area contributed by atoms with Gasteiger partial charge in [-0.3, -0.25) is 4.79 Å². The summed E-state index contributed by atoms with van der Waals surface area (Å²) in [5, 5.41) is 6.60. The van der Waals surface area contributed by atoms with Crippen molar-refractivity contribution in [1.82, 2.24) is 14.9 Å². The summed E-state index contributed by atoms with van der Waals surface area (Å²) in [6, 6.07) is 8.03. The summed E-state index contributed by atoms with van der Waals surface area (Å²) in [6.45, 7) is 2.46. The lowest BCUT2D eigenvalue weighted by atomic mass is 10.1. The number of nitrogens with zero attached hydrogens (tertiary/aromatic N) is 3. The first kappa shape index (κ1) is 17.7. The second kappa shape index (κ2) is 7.92. The van der Waals surface area contributed by atoms with Gasteiger partial charge in [0.2, 0.25) is 5.91 Å². The third kappa shape index (κ3) is 3.73. The lowest BCUT2D eigenvalue weighted by Gasteiger charge is -2.15. The molecule has 0 unspecified atom stereocenters. The molecule has 2 aromatic heterocycles. The van der Waals surface area contributed by atoms with E-state index in [1.54, 1.807) is 24.8 Å². The molecule has 3 heterocycles. The molecule has 0 atom stereocenters. The number of likely N-dealkylation sites (tertiary alicyclic amines) is 1. The molecule has 4 rings (SSSR count). The maximum atomic E-state index is 11.7. The highest BCUT2D eigenvalue weighted by Crippen LogP contribution is 2.36. The van der Waals surface area contributed by atoms with Crippen molar-refractivity contribution in [1.29, 1.82) is 0 Å². The predicted molar refractivity (Wildman–Crippen MR) is 108 cm³/mol. The van der Waals surface area contributed by atoms with Crippen molar-refractivity contribution in [2.24, 2.45) is 0 Å². The average molecular weight is 382 g/mol. The maximum Gasteiger partial charge on any atom is 0.222 e. The molecule has 27 heavy (non-hydrogen) atoms. The zero-order valence-corrected chi connectivity index (χ0v) is 16.1. The molecular formula is C20H22N4O2S. The van der Waals surface area contributed by atoms with Crippen LogP contribution in [0.4, 0.5) is 5.82 Å². The Balaban J connectivity index is 1.50. The zero-order valence-electron chi connectivity index (χ0n) is 15.3. The van der Waals surface area contributed by atoms with E-state index in [4.69, 9.17) is 4.74 Å². The number of carbonyl (C=O) groups is 1. The van der Waals surface area contributed by atoms with Crippen LogP contribution in [0.2, 0.25) is 0 Å². The quantitative estimate of drug-likeness (QED) is 0.630. The largest absolute Gasteiger partial charge is 0.497 e. The molecule has 1 N–H and O–H groups in total. The fraction of sp³-hybridized carbons (Fsp3) is 0.350. The number of rotatable bonds is 7. The SMILES string of the molecule is COc1ccc(-c2csc3ncnc(NCCCN4CCCC4=O)c23)cc1.